The van der Waals surface area contributed by atoms with E-state index in [1.165, 1.54) is 18.5 Å². The Morgan fingerprint density at radius 2 is 1.80 bits per heavy atom. The van der Waals surface area contributed by atoms with Crippen molar-refractivity contribution in [2.24, 2.45) is 5.92 Å². The van der Waals surface area contributed by atoms with Crippen LogP contribution in [0.2, 0.25) is 0 Å². The number of ether oxygens (including phenoxy) is 2. The lowest BCUT2D eigenvalue weighted by Gasteiger charge is -2.32. The Hall–Kier alpha value is -3.02. The molecule has 0 bridgehead atoms. The average Bonchev–Trinajstić information content (AvgIpc) is 2.74. The molecule has 1 saturated heterocycles. The summed E-state index contributed by atoms with van der Waals surface area (Å²) in [6.45, 7) is 6.04. The number of benzene rings is 2. The third kappa shape index (κ3) is 5.99. The third-order valence-corrected chi connectivity index (χ3v) is 5.43. The maximum Gasteiger partial charge on any atom is 0.310 e. The molecule has 0 aliphatic carbocycles. The Labute approximate surface area is 178 Å². The highest BCUT2D eigenvalue weighted by molar-refractivity contribution is 5.93. The second-order valence-electron chi connectivity index (χ2n) is 7.92. The zero-order valence-electron chi connectivity index (χ0n) is 17.9. The van der Waals surface area contributed by atoms with Crippen molar-refractivity contribution in [2.75, 3.05) is 37.0 Å². The Morgan fingerprint density at radius 1 is 1.10 bits per heavy atom. The molecular formula is C24H30N2O4. The first-order valence-corrected chi connectivity index (χ1v) is 10.4. The fourth-order valence-corrected chi connectivity index (χ4v) is 3.62. The van der Waals surface area contributed by atoms with Gasteiger partial charge in [0.2, 0.25) is 0 Å². The van der Waals surface area contributed by atoms with Crippen LogP contribution in [-0.4, -0.2) is 38.7 Å². The molecule has 2 aromatic carbocycles. The molecule has 0 aromatic heterocycles. The number of carbonyl (C=O) groups excluding carboxylic acids is 2. The van der Waals surface area contributed by atoms with Gasteiger partial charge in [-0.3, -0.25) is 9.59 Å². The number of nitrogens with one attached hydrogen (secondary N) is 1. The minimum absolute atomic E-state index is 0.0568. The van der Waals surface area contributed by atoms with Gasteiger partial charge in [-0.25, -0.2) is 0 Å². The average molecular weight is 411 g/mol. The second-order valence-corrected chi connectivity index (χ2v) is 7.92. The lowest BCUT2D eigenvalue weighted by molar-refractivity contribution is -0.146. The van der Waals surface area contributed by atoms with E-state index in [4.69, 9.17) is 9.47 Å². The van der Waals surface area contributed by atoms with E-state index in [9.17, 15) is 9.59 Å². The molecule has 2 aromatic rings. The Bertz CT molecular complexity index is 871. The Morgan fingerprint density at radius 3 is 2.47 bits per heavy atom. The van der Waals surface area contributed by atoms with E-state index in [1.54, 1.807) is 7.11 Å². The lowest BCUT2D eigenvalue weighted by Crippen LogP contribution is -2.32. The highest BCUT2D eigenvalue weighted by Crippen LogP contribution is 2.24. The molecule has 1 aliphatic rings. The summed E-state index contributed by atoms with van der Waals surface area (Å²) >= 11 is 0. The third-order valence-electron chi connectivity index (χ3n) is 5.43. The van der Waals surface area contributed by atoms with Gasteiger partial charge in [0.05, 0.1) is 13.5 Å². The van der Waals surface area contributed by atoms with E-state index in [2.05, 4.69) is 17.1 Å². The number of anilines is 2. The van der Waals surface area contributed by atoms with Crippen LogP contribution in [0.25, 0.3) is 0 Å². The summed E-state index contributed by atoms with van der Waals surface area (Å²) in [5, 5.41) is 2.77. The predicted molar refractivity (Wildman–Crippen MR) is 118 cm³/mol. The Kier molecular flexibility index (Phi) is 7.33. The van der Waals surface area contributed by atoms with Crippen LogP contribution < -0.4 is 15.0 Å². The highest BCUT2D eigenvalue weighted by atomic mass is 16.5. The molecule has 1 aliphatic heterocycles. The largest absolute Gasteiger partial charge is 0.496 e. The van der Waals surface area contributed by atoms with Crippen LogP contribution in [0, 0.1) is 12.8 Å². The fourth-order valence-electron chi connectivity index (χ4n) is 3.62. The number of nitrogens with zero attached hydrogens (tertiary/aromatic N) is 1. The first-order valence-electron chi connectivity index (χ1n) is 10.4. The van der Waals surface area contributed by atoms with Crippen molar-refractivity contribution in [1.29, 1.82) is 0 Å². The van der Waals surface area contributed by atoms with Crippen molar-refractivity contribution < 1.29 is 19.1 Å². The van der Waals surface area contributed by atoms with E-state index in [1.807, 2.05) is 49.4 Å². The molecule has 1 heterocycles. The normalized spacial score (nSPS) is 14.3. The number of methoxy groups -OCH3 is 1. The van der Waals surface area contributed by atoms with Crippen molar-refractivity contribution in [1.82, 2.24) is 0 Å². The molecule has 1 fully saturated rings. The first-order chi connectivity index (χ1) is 14.4. The maximum absolute atomic E-state index is 12.1. The van der Waals surface area contributed by atoms with Gasteiger partial charge in [0.1, 0.15) is 5.75 Å². The highest BCUT2D eigenvalue weighted by Gasteiger charge is 2.16. The molecule has 0 saturated carbocycles. The zero-order chi connectivity index (χ0) is 21.5. The van der Waals surface area contributed by atoms with Gasteiger partial charge in [-0.1, -0.05) is 24.6 Å². The van der Waals surface area contributed by atoms with E-state index in [0.717, 1.165) is 30.1 Å². The predicted octanol–water partition coefficient (Wildman–Crippen LogP) is 3.96. The summed E-state index contributed by atoms with van der Waals surface area (Å²) in [7, 11) is 1.56. The summed E-state index contributed by atoms with van der Waals surface area (Å²) in [6, 6.07) is 13.4. The lowest BCUT2D eigenvalue weighted by atomic mass is 9.99. The molecule has 0 radical (unpaired) electrons. The summed E-state index contributed by atoms with van der Waals surface area (Å²) in [5.74, 6) is 0.586. The molecule has 1 N–H and O–H groups in total. The maximum atomic E-state index is 12.1. The number of carbonyl (C=O) groups is 2. The summed E-state index contributed by atoms with van der Waals surface area (Å²) in [5.41, 5.74) is 3.62. The molecular weight excluding hydrogens is 380 g/mol. The molecule has 160 valence electrons. The van der Waals surface area contributed by atoms with Crippen LogP contribution in [0.15, 0.2) is 42.5 Å². The summed E-state index contributed by atoms with van der Waals surface area (Å²) < 4.78 is 10.4. The van der Waals surface area contributed by atoms with Crippen molar-refractivity contribution in [2.45, 2.75) is 33.1 Å². The standard InChI is InChI=1S/C24H30N2O4/c1-17-10-12-26(13-11-17)21-7-5-20(6-8-21)25-23(27)16-30-24(28)15-19-14-18(2)4-9-22(19)29-3/h4-9,14,17H,10-13,15-16H2,1-3H3,(H,25,27). The van der Waals surface area contributed by atoms with Crippen molar-refractivity contribution in [3.05, 3.63) is 53.6 Å². The van der Waals surface area contributed by atoms with Crippen LogP contribution in [0.1, 0.15) is 30.9 Å². The Balaban J connectivity index is 1.46. The summed E-state index contributed by atoms with van der Waals surface area (Å²) in [4.78, 5) is 26.6. The molecule has 0 atom stereocenters. The monoisotopic (exact) mass is 410 g/mol. The van der Waals surface area contributed by atoms with Crippen LogP contribution in [0.3, 0.4) is 0 Å². The van der Waals surface area contributed by atoms with Gasteiger partial charge in [0.25, 0.3) is 5.91 Å². The molecule has 3 rings (SSSR count). The SMILES string of the molecule is COc1ccc(C)cc1CC(=O)OCC(=O)Nc1ccc(N2CCC(C)CC2)cc1. The zero-order valence-corrected chi connectivity index (χ0v) is 17.9. The van der Waals surface area contributed by atoms with Crippen LogP contribution in [-0.2, 0) is 20.7 Å². The molecule has 0 spiro atoms. The quantitative estimate of drug-likeness (QED) is 0.700. The number of hydrogen-bond acceptors (Lipinski definition) is 5. The molecule has 6 nitrogen and oxygen atoms in total. The topological polar surface area (TPSA) is 67.9 Å². The van der Waals surface area contributed by atoms with Crippen molar-refractivity contribution in [3.8, 4) is 5.75 Å². The van der Waals surface area contributed by atoms with Gasteiger partial charge in [-0.2, -0.15) is 0 Å². The first kappa shape index (κ1) is 21.7. The van der Waals surface area contributed by atoms with E-state index >= 15 is 0 Å². The van der Waals surface area contributed by atoms with Crippen LogP contribution in [0.5, 0.6) is 5.75 Å². The fraction of sp³-hybridized carbons (Fsp3) is 0.417. The number of rotatable bonds is 7. The van der Waals surface area contributed by atoms with E-state index in [-0.39, 0.29) is 18.9 Å². The summed E-state index contributed by atoms with van der Waals surface area (Å²) in [6.07, 6.45) is 2.47. The molecule has 30 heavy (non-hydrogen) atoms. The molecule has 1 amide bonds. The van der Waals surface area contributed by atoms with E-state index < -0.39 is 5.97 Å². The number of aryl methyl sites for hydroxylation is 1. The number of piperidine rings is 1. The van der Waals surface area contributed by atoms with Crippen molar-refractivity contribution in [3.63, 3.8) is 0 Å². The molecule has 0 unspecified atom stereocenters. The minimum Gasteiger partial charge on any atom is -0.496 e. The van der Waals surface area contributed by atoms with Gasteiger partial charge in [-0.15, -0.1) is 0 Å². The minimum atomic E-state index is -0.469. The number of amides is 1. The van der Waals surface area contributed by atoms with Crippen LogP contribution >= 0.6 is 0 Å². The number of hydrogen-bond donors (Lipinski definition) is 1. The molecule has 6 heteroatoms. The van der Waals surface area contributed by atoms with Gasteiger partial charge >= 0.3 is 5.97 Å². The van der Waals surface area contributed by atoms with Gasteiger partial charge in [-0.05, 0) is 56.0 Å². The van der Waals surface area contributed by atoms with Crippen molar-refractivity contribution >= 4 is 23.3 Å². The van der Waals surface area contributed by atoms with Gasteiger partial charge in [0, 0.05) is 30.0 Å². The van der Waals surface area contributed by atoms with Crippen LogP contribution in [0.4, 0.5) is 11.4 Å². The van der Waals surface area contributed by atoms with E-state index in [0.29, 0.717) is 11.4 Å². The van der Waals surface area contributed by atoms with Gasteiger partial charge < -0.3 is 19.7 Å². The van der Waals surface area contributed by atoms with Gasteiger partial charge in [0.15, 0.2) is 6.61 Å². The second kappa shape index (κ2) is 10.1. The number of esters is 1. The smallest absolute Gasteiger partial charge is 0.310 e.